The number of aliphatic hydroxyl groups is 1. The Bertz CT molecular complexity index is 871. The van der Waals surface area contributed by atoms with Crippen LogP contribution in [0.2, 0.25) is 10.0 Å². The first-order chi connectivity index (χ1) is 13.1. The van der Waals surface area contributed by atoms with Crippen molar-refractivity contribution in [2.45, 2.75) is 19.3 Å². The molecule has 2 N–H and O–H groups in total. The molecule has 5 heteroatoms. The summed E-state index contributed by atoms with van der Waals surface area (Å²) in [4.78, 5) is 0. The molecular formula is C22H21Cl2NO2. The van der Waals surface area contributed by atoms with Gasteiger partial charge in [-0.2, -0.15) is 0 Å². The summed E-state index contributed by atoms with van der Waals surface area (Å²) in [6.45, 7) is 1.50. The second kappa shape index (κ2) is 9.77. The summed E-state index contributed by atoms with van der Waals surface area (Å²) in [5.74, 6) is 0.768. The van der Waals surface area contributed by atoms with Crippen LogP contribution in [0.15, 0.2) is 72.8 Å². The summed E-state index contributed by atoms with van der Waals surface area (Å²) in [7, 11) is 0. The van der Waals surface area contributed by atoms with Crippen LogP contribution in [0.4, 0.5) is 0 Å². The van der Waals surface area contributed by atoms with Crippen molar-refractivity contribution in [2.75, 3.05) is 6.54 Å². The largest absolute Gasteiger partial charge is 0.489 e. The van der Waals surface area contributed by atoms with Gasteiger partial charge in [0.05, 0.1) is 6.10 Å². The third-order valence-corrected chi connectivity index (χ3v) is 4.75. The van der Waals surface area contributed by atoms with E-state index in [1.54, 1.807) is 12.1 Å². The fourth-order valence-electron chi connectivity index (χ4n) is 2.69. The van der Waals surface area contributed by atoms with E-state index in [4.69, 9.17) is 27.9 Å². The van der Waals surface area contributed by atoms with Crippen LogP contribution in [-0.4, -0.2) is 11.7 Å². The minimum atomic E-state index is -0.530. The molecule has 0 unspecified atom stereocenters. The molecule has 0 fully saturated rings. The van der Waals surface area contributed by atoms with Crippen molar-refractivity contribution < 1.29 is 9.84 Å². The zero-order valence-electron chi connectivity index (χ0n) is 14.7. The van der Waals surface area contributed by atoms with E-state index >= 15 is 0 Å². The van der Waals surface area contributed by atoms with Gasteiger partial charge in [-0.15, -0.1) is 0 Å². The SMILES string of the molecule is O[C@H](CNCc1cccc(OCc2ccc(Cl)cc2Cl)c1)c1ccccc1. The van der Waals surface area contributed by atoms with Crippen molar-refractivity contribution in [1.82, 2.24) is 5.32 Å². The minimum Gasteiger partial charge on any atom is -0.489 e. The Morgan fingerprint density at radius 1 is 0.926 bits per heavy atom. The van der Waals surface area contributed by atoms with E-state index in [-0.39, 0.29) is 0 Å². The molecule has 1 atom stereocenters. The topological polar surface area (TPSA) is 41.5 Å². The Morgan fingerprint density at radius 3 is 2.52 bits per heavy atom. The summed E-state index contributed by atoms with van der Waals surface area (Å²) in [6, 6.07) is 22.8. The van der Waals surface area contributed by atoms with Crippen molar-refractivity contribution >= 4 is 23.2 Å². The molecule has 0 bridgehead atoms. The molecule has 0 aliphatic carbocycles. The van der Waals surface area contributed by atoms with Gasteiger partial charge in [-0.3, -0.25) is 0 Å². The first-order valence-electron chi connectivity index (χ1n) is 8.71. The molecule has 0 aliphatic rings. The summed E-state index contributed by atoms with van der Waals surface area (Å²) < 4.78 is 5.85. The average Bonchev–Trinajstić information content (AvgIpc) is 2.68. The molecule has 0 aromatic heterocycles. The van der Waals surface area contributed by atoms with Gasteiger partial charge in [0.2, 0.25) is 0 Å². The molecule has 140 valence electrons. The fraction of sp³-hybridized carbons (Fsp3) is 0.182. The lowest BCUT2D eigenvalue weighted by molar-refractivity contribution is 0.174. The monoisotopic (exact) mass is 401 g/mol. The predicted octanol–water partition coefficient (Wildman–Crippen LogP) is 5.40. The molecule has 3 nitrogen and oxygen atoms in total. The Balaban J connectivity index is 1.51. The molecule has 0 saturated heterocycles. The number of benzene rings is 3. The summed E-state index contributed by atoms with van der Waals surface area (Å²) >= 11 is 12.1. The highest BCUT2D eigenvalue weighted by molar-refractivity contribution is 6.35. The molecule has 0 amide bonds. The third kappa shape index (κ3) is 5.98. The van der Waals surface area contributed by atoms with Gasteiger partial charge in [0.1, 0.15) is 12.4 Å². The third-order valence-electron chi connectivity index (χ3n) is 4.16. The maximum absolute atomic E-state index is 10.2. The van der Waals surface area contributed by atoms with E-state index in [9.17, 15) is 5.11 Å². The number of ether oxygens (including phenoxy) is 1. The predicted molar refractivity (Wildman–Crippen MR) is 110 cm³/mol. The molecule has 3 rings (SSSR count). The maximum Gasteiger partial charge on any atom is 0.120 e. The van der Waals surface area contributed by atoms with Crippen LogP contribution in [0.25, 0.3) is 0 Å². The Kier molecular flexibility index (Phi) is 7.13. The van der Waals surface area contributed by atoms with Gasteiger partial charge in [-0.25, -0.2) is 0 Å². The average molecular weight is 402 g/mol. The number of halogens is 2. The Labute approximate surface area is 169 Å². The molecule has 3 aromatic rings. The normalized spacial score (nSPS) is 12.0. The van der Waals surface area contributed by atoms with Crippen LogP contribution in [0.5, 0.6) is 5.75 Å². The minimum absolute atomic E-state index is 0.375. The van der Waals surface area contributed by atoms with Crippen LogP contribution in [0.1, 0.15) is 22.8 Å². The van der Waals surface area contributed by atoms with E-state index in [0.717, 1.165) is 22.4 Å². The highest BCUT2D eigenvalue weighted by Gasteiger charge is 2.07. The highest BCUT2D eigenvalue weighted by Crippen LogP contribution is 2.23. The molecule has 0 radical (unpaired) electrons. The van der Waals surface area contributed by atoms with Crippen LogP contribution >= 0.6 is 23.2 Å². The van der Waals surface area contributed by atoms with Crippen molar-refractivity contribution in [3.63, 3.8) is 0 Å². The fourth-order valence-corrected chi connectivity index (χ4v) is 3.15. The molecule has 0 aliphatic heterocycles. The first kappa shape index (κ1) is 19.7. The van der Waals surface area contributed by atoms with Crippen LogP contribution < -0.4 is 10.1 Å². The zero-order valence-corrected chi connectivity index (χ0v) is 16.3. The van der Waals surface area contributed by atoms with Crippen LogP contribution in [0, 0.1) is 0 Å². The van der Waals surface area contributed by atoms with E-state index in [0.29, 0.717) is 29.7 Å². The van der Waals surface area contributed by atoms with Crippen molar-refractivity contribution in [3.05, 3.63) is 99.5 Å². The van der Waals surface area contributed by atoms with Gasteiger partial charge in [0.25, 0.3) is 0 Å². The first-order valence-corrected chi connectivity index (χ1v) is 9.47. The molecule has 0 saturated carbocycles. The van der Waals surface area contributed by atoms with E-state index < -0.39 is 6.10 Å². The summed E-state index contributed by atoms with van der Waals surface area (Å²) in [6.07, 6.45) is -0.530. The molecular weight excluding hydrogens is 381 g/mol. The number of nitrogens with one attached hydrogen (secondary N) is 1. The number of hydrogen-bond donors (Lipinski definition) is 2. The zero-order chi connectivity index (χ0) is 19.1. The van der Waals surface area contributed by atoms with Gasteiger partial charge in [-0.05, 0) is 35.4 Å². The number of aliphatic hydroxyl groups excluding tert-OH is 1. The lowest BCUT2D eigenvalue weighted by Gasteiger charge is -2.13. The van der Waals surface area contributed by atoms with Gasteiger partial charge < -0.3 is 15.2 Å². The molecule has 0 spiro atoms. The van der Waals surface area contributed by atoms with Crippen molar-refractivity contribution in [2.24, 2.45) is 0 Å². The number of hydrogen-bond acceptors (Lipinski definition) is 3. The van der Waals surface area contributed by atoms with E-state index in [1.165, 1.54) is 0 Å². The van der Waals surface area contributed by atoms with E-state index in [1.807, 2.05) is 60.7 Å². The van der Waals surface area contributed by atoms with Crippen LogP contribution in [0.3, 0.4) is 0 Å². The molecule has 27 heavy (non-hydrogen) atoms. The Hall–Kier alpha value is -2.04. The van der Waals surface area contributed by atoms with Crippen molar-refractivity contribution in [1.29, 1.82) is 0 Å². The van der Waals surface area contributed by atoms with Crippen LogP contribution in [-0.2, 0) is 13.2 Å². The smallest absolute Gasteiger partial charge is 0.120 e. The second-order valence-corrected chi connectivity index (χ2v) is 7.07. The Morgan fingerprint density at radius 2 is 1.74 bits per heavy atom. The second-order valence-electron chi connectivity index (χ2n) is 6.23. The van der Waals surface area contributed by atoms with Gasteiger partial charge in [-0.1, -0.05) is 71.7 Å². The lowest BCUT2D eigenvalue weighted by atomic mass is 10.1. The van der Waals surface area contributed by atoms with E-state index in [2.05, 4.69) is 5.32 Å². The molecule has 3 aromatic carbocycles. The number of rotatable bonds is 8. The molecule has 0 heterocycles. The van der Waals surface area contributed by atoms with Gasteiger partial charge >= 0.3 is 0 Å². The lowest BCUT2D eigenvalue weighted by Crippen LogP contribution is -2.21. The summed E-state index contributed by atoms with van der Waals surface area (Å²) in [5.41, 5.74) is 2.87. The van der Waals surface area contributed by atoms with Gasteiger partial charge in [0, 0.05) is 28.7 Å². The highest BCUT2D eigenvalue weighted by atomic mass is 35.5. The van der Waals surface area contributed by atoms with Crippen molar-refractivity contribution in [3.8, 4) is 5.75 Å². The summed E-state index contributed by atoms with van der Waals surface area (Å²) in [5, 5.41) is 14.7. The quantitative estimate of drug-likeness (QED) is 0.531. The standard InChI is InChI=1S/C22H21Cl2NO2/c23-19-10-9-18(21(24)12-19)15-27-20-8-4-5-16(11-20)13-25-14-22(26)17-6-2-1-3-7-17/h1-12,22,25-26H,13-15H2/t22-/m1/s1. The maximum atomic E-state index is 10.2. The van der Waals surface area contributed by atoms with Gasteiger partial charge in [0.15, 0.2) is 0 Å².